The third-order valence-corrected chi connectivity index (χ3v) is 3.77. The number of carboxylic acid groups (broad SMARTS) is 1. The number of hydrogen-bond donors (Lipinski definition) is 5. The Hall–Kier alpha value is -1.90. The first-order chi connectivity index (χ1) is 10.4. The lowest BCUT2D eigenvalue weighted by molar-refractivity contribution is -0.141. The van der Waals surface area contributed by atoms with E-state index in [0.29, 0.717) is 0 Å². The van der Waals surface area contributed by atoms with Crippen molar-refractivity contribution < 1.29 is 29.0 Å². The average Bonchev–Trinajstić information content (AvgIpc) is 2.32. The van der Waals surface area contributed by atoms with Gasteiger partial charge in [-0.1, -0.05) is 20.8 Å². The Morgan fingerprint density at radius 3 is 2.22 bits per heavy atom. The van der Waals surface area contributed by atoms with Crippen LogP contribution in [0.4, 0.5) is 9.18 Å². The minimum Gasteiger partial charge on any atom is -0.465 e. The predicted molar refractivity (Wildman–Crippen MR) is 79.2 cm³/mol. The lowest BCUT2D eigenvalue weighted by atomic mass is 9.70. The summed E-state index contributed by atoms with van der Waals surface area (Å²) in [7, 11) is 0. The maximum atomic E-state index is 13.2. The van der Waals surface area contributed by atoms with Gasteiger partial charge in [0.1, 0.15) is 12.2 Å². The van der Waals surface area contributed by atoms with Crippen molar-refractivity contribution in [2.24, 2.45) is 11.1 Å². The van der Waals surface area contributed by atoms with Gasteiger partial charge in [0.15, 0.2) is 6.10 Å². The van der Waals surface area contributed by atoms with E-state index in [1.807, 2.05) is 20.8 Å². The molecular formula is C14H24FN3O5. The quantitative estimate of drug-likeness (QED) is 0.461. The first kappa shape index (κ1) is 19.1. The highest BCUT2D eigenvalue weighted by atomic mass is 19.1. The molecule has 9 heteroatoms. The van der Waals surface area contributed by atoms with Gasteiger partial charge < -0.3 is 26.6 Å². The van der Waals surface area contributed by atoms with Crippen LogP contribution in [-0.2, 0) is 9.59 Å². The van der Waals surface area contributed by atoms with Crippen LogP contribution in [0, 0.1) is 5.41 Å². The molecule has 6 N–H and O–H groups in total. The van der Waals surface area contributed by atoms with Crippen LogP contribution < -0.4 is 16.4 Å². The van der Waals surface area contributed by atoms with E-state index in [2.05, 4.69) is 10.6 Å². The maximum absolute atomic E-state index is 13.2. The first-order valence-electron chi connectivity index (χ1n) is 7.29. The number of carbonyl (C=O) groups is 3. The molecule has 0 bridgehead atoms. The Kier molecular flexibility index (Phi) is 5.57. The average molecular weight is 333 g/mol. The molecule has 1 aliphatic rings. The molecule has 1 rings (SSSR count). The fourth-order valence-electron chi connectivity index (χ4n) is 2.70. The van der Waals surface area contributed by atoms with Gasteiger partial charge in [0.25, 0.3) is 0 Å². The van der Waals surface area contributed by atoms with Crippen LogP contribution in [0.15, 0.2) is 0 Å². The van der Waals surface area contributed by atoms with Crippen LogP contribution in [0.3, 0.4) is 0 Å². The predicted octanol–water partition coefficient (Wildman–Crippen LogP) is -0.108. The number of hydrogen-bond acceptors (Lipinski definition) is 4. The molecule has 0 aliphatic heterocycles. The van der Waals surface area contributed by atoms with Crippen molar-refractivity contribution in [3.8, 4) is 0 Å². The van der Waals surface area contributed by atoms with Crippen LogP contribution >= 0.6 is 0 Å². The molecule has 2 atom stereocenters. The number of nitrogens with one attached hydrogen (secondary N) is 2. The zero-order chi connectivity index (χ0) is 18.0. The summed E-state index contributed by atoms with van der Waals surface area (Å²) in [6, 6.07) is -1.09. The van der Waals surface area contributed by atoms with E-state index >= 15 is 0 Å². The molecule has 0 saturated heterocycles. The topological polar surface area (TPSA) is 142 Å². The first-order valence-corrected chi connectivity index (χ1v) is 7.29. The van der Waals surface area contributed by atoms with Crippen LogP contribution in [0.2, 0.25) is 0 Å². The van der Waals surface area contributed by atoms with Gasteiger partial charge in [-0.25, -0.2) is 9.18 Å². The second kappa shape index (κ2) is 6.69. The van der Waals surface area contributed by atoms with Crippen LogP contribution in [0.25, 0.3) is 0 Å². The number of rotatable bonds is 6. The Balaban J connectivity index is 2.90. The van der Waals surface area contributed by atoms with Gasteiger partial charge >= 0.3 is 6.09 Å². The third kappa shape index (κ3) is 5.05. The van der Waals surface area contributed by atoms with Gasteiger partial charge in [-0.3, -0.25) is 9.59 Å². The molecule has 1 fully saturated rings. The highest BCUT2D eigenvalue weighted by Gasteiger charge is 2.53. The number of amides is 3. The van der Waals surface area contributed by atoms with Crippen molar-refractivity contribution in [2.75, 3.05) is 0 Å². The Bertz CT molecular complexity index is 485. The van der Waals surface area contributed by atoms with Crippen LogP contribution in [0.5, 0.6) is 0 Å². The maximum Gasteiger partial charge on any atom is 0.405 e. The summed E-state index contributed by atoms with van der Waals surface area (Å²) >= 11 is 0. The number of halogens is 1. The van der Waals surface area contributed by atoms with E-state index in [9.17, 15) is 23.9 Å². The molecule has 23 heavy (non-hydrogen) atoms. The van der Waals surface area contributed by atoms with Crippen molar-refractivity contribution in [2.45, 2.75) is 63.9 Å². The summed E-state index contributed by atoms with van der Waals surface area (Å²) in [5.41, 5.74) is 3.19. The van der Waals surface area contributed by atoms with Crippen LogP contribution in [-0.4, -0.2) is 52.0 Å². The largest absolute Gasteiger partial charge is 0.465 e. The minimum absolute atomic E-state index is 0.187. The molecule has 1 aliphatic carbocycles. The lowest BCUT2D eigenvalue weighted by Gasteiger charge is -2.47. The molecule has 1 saturated carbocycles. The number of aliphatic hydroxyl groups is 1. The van der Waals surface area contributed by atoms with E-state index in [1.165, 1.54) is 0 Å². The van der Waals surface area contributed by atoms with E-state index in [0.717, 1.165) is 0 Å². The summed E-state index contributed by atoms with van der Waals surface area (Å²) in [6.07, 6.45) is -4.70. The Labute approximate surface area is 133 Å². The SMILES string of the molecule is CC(C)(C)C[C@H](NC(=O)O)C(=O)NC1(C(O)C(N)=O)CC(F)C1. The fraction of sp³-hybridized carbons (Fsp3) is 0.786. The molecule has 0 spiro atoms. The molecule has 1 unspecified atom stereocenters. The monoisotopic (exact) mass is 333 g/mol. The fourth-order valence-corrected chi connectivity index (χ4v) is 2.70. The lowest BCUT2D eigenvalue weighted by Crippen LogP contribution is -2.69. The van der Waals surface area contributed by atoms with E-state index in [-0.39, 0.29) is 24.7 Å². The van der Waals surface area contributed by atoms with Gasteiger partial charge in [0, 0.05) is 12.8 Å². The summed E-state index contributed by atoms with van der Waals surface area (Å²) in [5, 5.41) is 23.2. The zero-order valence-electron chi connectivity index (χ0n) is 13.4. The number of carbonyl (C=O) groups excluding carboxylic acids is 2. The van der Waals surface area contributed by atoms with E-state index in [1.54, 1.807) is 0 Å². The highest BCUT2D eigenvalue weighted by molar-refractivity contribution is 5.88. The minimum atomic E-state index is -1.74. The third-order valence-electron chi connectivity index (χ3n) is 3.77. The highest BCUT2D eigenvalue weighted by Crippen LogP contribution is 2.38. The molecule has 3 amide bonds. The molecule has 0 heterocycles. The van der Waals surface area contributed by atoms with Crippen molar-refractivity contribution in [1.82, 2.24) is 10.6 Å². The Morgan fingerprint density at radius 2 is 1.87 bits per heavy atom. The summed E-state index contributed by atoms with van der Waals surface area (Å²) in [6.45, 7) is 5.48. The molecular weight excluding hydrogens is 309 g/mol. The molecule has 0 radical (unpaired) electrons. The molecule has 0 aromatic heterocycles. The number of aliphatic hydroxyl groups excluding tert-OH is 1. The van der Waals surface area contributed by atoms with Gasteiger partial charge in [0.05, 0.1) is 5.54 Å². The van der Waals surface area contributed by atoms with Gasteiger partial charge in [0.2, 0.25) is 11.8 Å². The van der Waals surface area contributed by atoms with Crippen molar-refractivity contribution in [3.63, 3.8) is 0 Å². The standard InChI is InChI=1S/C14H24FN3O5/c1-13(2,3)6-8(17-12(22)23)11(21)18-14(4-7(15)5-14)9(19)10(16)20/h7-9,17,19H,4-6H2,1-3H3,(H2,16,20)(H,18,21)(H,22,23)/t7?,8-,9?,14?/m0/s1. The van der Waals surface area contributed by atoms with Gasteiger partial charge in [-0.05, 0) is 11.8 Å². The molecule has 132 valence electrons. The summed E-state index contributed by atoms with van der Waals surface area (Å²) < 4.78 is 13.2. The normalized spacial score (nSPS) is 26.6. The van der Waals surface area contributed by atoms with E-state index in [4.69, 9.17) is 10.8 Å². The van der Waals surface area contributed by atoms with Crippen molar-refractivity contribution >= 4 is 17.9 Å². The summed E-state index contributed by atoms with van der Waals surface area (Å²) in [5.74, 6) is -1.80. The number of alkyl halides is 1. The zero-order valence-corrected chi connectivity index (χ0v) is 13.4. The molecule has 0 aromatic rings. The second-order valence-electron chi connectivity index (χ2n) is 7.22. The molecule has 8 nitrogen and oxygen atoms in total. The molecule has 0 aromatic carbocycles. The second-order valence-corrected chi connectivity index (χ2v) is 7.22. The van der Waals surface area contributed by atoms with Crippen molar-refractivity contribution in [3.05, 3.63) is 0 Å². The number of nitrogens with two attached hydrogens (primary N) is 1. The van der Waals surface area contributed by atoms with Gasteiger partial charge in [-0.15, -0.1) is 0 Å². The van der Waals surface area contributed by atoms with Crippen molar-refractivity contribution in [1.29, 1.82) is 0 Å². The van der Waals surface area contributed by atoms with Gasteiger partial charge in [-0.2, -0.15) is 0 Å². The summed E-state index contributed by atoms with van der Waals surface area (Å²) in [4.78, 5) is 34.4. The van der Waals surface area contributed by atoms with E-state index < -0.39 is 41.8 Å². The van der Waals surface area contributed by atoms with Crippen LogP contribution in [0.1, 0.15) is 40.0 Å². The smallest absolute Gasteiger partial charge is 0.405 e. The number of primary amides is 1. The Morgan fingerprint density at radius 1 is 1.35 bits per heavy atom.